The summed E-state index contributed by atoms with van der Waals surface area (Å²) in [5, 5.41) is 4.95. The summed E-state index contributed by atoms with van der Waals surface area (Å²) < 4.78 is 29.8. The Morgan fingerprint density at radius 1 is 0.971 bits per heavy atom. The second-order valence-electron chi connectivity index (χ2n) is 10.6. The number of aliphatic imine (C=N–C) groups is 1. The Labute approximate surface area is 206 Å². The number of rotatable bonds is 4. The monoisotopic (exact) mass is 495 g/mol. The molecule has 1 aromatic carbocycles. The smallest absolute Gasteiger partial charge is 0.267 e. The fraction of sp³-hybridized carbons (Fsp3) is 0.577. The Morgan fingerprint density at radius 2 is 1.66 bits per heavy atom. The molecule has 1 amide bonds. The summed E-state index contributed by atoms with van der Waals surface area (Å²) >= 11 is 0. The van der Waals surface area contributed by atoms with Crippen molar-refractivity contribution in [3.8, 4) is 0 Å². The fourth-order valence-corrected chi connectivity index (χ4v) is 7.85. The Hall–Kier alpha value is -2.68. The van der Waals surface area contributed by atoms with E-state index in [1.807, 2.05) is 6.92 Å². The quantitative estimate of drug-likeness (QED) is 0.635. The van der Waals surface area contributed by atoms with Crippen LogP contribution in [0, 0.1) is 12.8 Å². The number of guanidine groups is 1. The number of nitrogens with zero attached hydrogens (tertiary/aromatic N) is 5. The number of hydrogen-bond acceptors (Lipinski definition) is 6. The lowest BCUT2D eigenvalue weighted by Crippen LogP contribution is -2.52. The Bertz CT molecular complexity index is 1290. The Kier molecular flexibility index (Phi) is 5.51. The number of benzene rings is 1. The maximum Gasteiger partial charge on any atom is 0.267 e. The van der Waals surface area contributed by atoms with Crippen molar-refractivity contribution in [1.82, 2.24) is 14.7 Å². The number of aryl methyl sites for hydroxylation is 1. The molecule has 9 heteroatoms. The van der Waals surface area contributed by atoms with Gasteiger partial charge in [0.2, 0.25) is 15.8 Å². The Balaban J connectivity index is 1.53. The first kappa shape index (κ1) is 22.8. The predicted molar refractivity (Wildman–Crippen MR) is 133 cm³/mol. The lowest BCUT2D eigenvalue weighted by Gasteiger charge is -2.36. The first-order valence-electron chi connectivity index (χ1n) is 12.9. The molecule has 0 radical (unpaired) electrons. The molecule has 3 heterocycles. The van der Waals surface area contributed by atoms with Crippen molar-refractivity contribution in [2.45, 2.75) is 93.3 Å². The topological polar surface area (TPSA) is 87.9 Å². The van der Waals surface area contributed by atoms with Gasteiger partial charge in [0.1, 0.15) is 5.56 Å². The first-order valence-corrected chi connectivity index (χ1v) is 14.4. The summed E-state index contributed by atoms with van der Waals surface area (Å²) in [7, 11) is -2.26. The third-order valence-electron chi connectivity index (χ3n) is 8.20. The van der Waals surface area contributed by atoms with E-state index in [-0.39, 0.29) is 33.5 Å². The van der Waals surface area contributed by atoms with Crippen LogP contribution in [0.25, 0.3) is 0 Å². The molecule has 1 aromatic heterocycles. The Morgan fingerprint density at radius 3 is 2.40 bits per heavy atom. The molecule has 0 N–H and O–H groups in total. The van der Waals surface area contributed by atoms with Crippen LogP contribution >= 0.6 is 0 Å². The second-order valence-corrected chi connectivity index (χ2v) is 12.5. The lowest BCUT2D eigenvalue weighted by atomic mass is 9.89. The van der Waals surface area contributed by atoms with E-state index in [1.54, 1.807) is 36.0 Å². The molecule has 2 atom stereocenters. The summed E-state index contributed by atoms with van der Waals surface area (Å²) in [6.07, 6.45) is 9.83. The molecule has 186 valence electrons. The van der Waals surface area contributed by atoms with Gasteiger partial charge in [-0.2, -0.15) is 5.10 Å². The molecule has 6 rings (SSSR count). The highest BCUT2D eigenvalue weighted by Gasteiger charge is 2.50. The number of fused-ring (bicyclic) bond motifs is 5. The van der Waals surface area contributed by atoms with Gasteiger partial charge in [0.25, 0.3) is 5.91 Å². The first-order chi connectivity index (χ1) is 16.9. The van der Waals surface area contributed by atoms with Gasteiger partial charge >= 0.3 is 0 Å². The fourth-order valence-electron chi connectivity index (χ4n) is 6.29. The summed E-state index contributed by atoms with van der Waals surface area (Å²) in [4.78, 5) is 22.4. The summed E-state index contributed by atoms with van der Waals surface area (Å²) in [6, 6.07) is 7.11. The minimum Gasteiger partial charge on any atom is -0.289 e. The van der Waals surface area contributed by atoms with E-state index < -0.39 is 9.84 Å². The number of hydrogen-bond donors (Lipinski definition) is 0. The van der Waals surface area contributed by atoms with Crippen LogP contribution in [-0.2, 0) is 16.4 Å². The lowest BCUT2D eigenvalue weighted by molar-refractivity contribution is 0.0860. The van der Waals surface area contributed by atoms with E-state index in [0.717, 1.165) is 56.9 Å². The van der Waals surface area contributed by atoms with Crippen molar-refractivity contribution in [1.29, 1.82) is 0 Å². The van der Waals surface area contributed by atoms with E-state index in [0.29, 0.717) is 24.2 Å². The zero-order chi connectivity index (χ0) is 24.3. The van der Waals surface area contributed by atoms with Crippen molar-refractivity contribution in [2.75, 3.05) is 11.9 Å². The van der Waals surface area contributed by atoms with E-state index in [9.17, 15) is 13.2 Å². The van der Waals surface area contributed by atoms with Gasteiger partial charge in [0.15, 0.2) is 10.8 Å². The second kappa shape index (κ2) is 8.47. The predicted octanol–water partition coefficient (Wildman–Crippen LogP) is 4.18. The van der Waals surface area contributed by atoms with Crippen LogP contribution in [0.4, 0.5) is 5.82 Å². The number of anilines is 1. The summed E-state index contributed by atoms with van der Waals surface area (Å²) in [6.45, 7) is 2.44. The molecule has 2 fully saturated rings. The number of carbonyl (C=O) groups excluding carboxylic acids is 1. The highest BCUT2D eigenvalue weighted by atomic mass is 32.2. The molecule has 2 aromatic rings. The zero-order valence-corrected chi connectivity index (χ0v) is 21.3. The summed E-state index contributed by atoms with van der Waals surface area (Å²) in [5.41, 5.74) is 1.19. The molecule has 8 nitrogen and oxygen atoms in total. The van der Waals surface area contributed by atoms with Crippen molar-refractivity contribution in [3.63, 3.8) is 0 Å². The van der Waals surface area contributed by atoms with Crippen LogP contribution in [0.3, 0.4) is 0 Å². The van der Waals surface area contributed by atoms with E-state index >= 15 is 0 Å². The van der Waals surface area contributed by atoms with Gasteiger partial charge in [-0.25, -0.2) is 13.4 Å². The van der Waals surface area contributed by atoms with Crippen LogP contribution in [0.5, 0.6) is 0 Å². The van der Waals surface area contributed by atoms with Gasteiger partial charge in [-0.1, -0.05) is 49.8 Å². The van der Waals surface area contributed by atoms with Crippen molar-refractivity contribution < 1.29 is 13.2 Å². The number of carbonyl (C=O) groups is 1. The van der Waals surface area contributed by atoms with E-state index in [1.165, 1.54) is 11.3 Å². The molecule has 0 bridgehead atoms. The van der Waals surface area contributed by atoms with Crippen LogP contribution in [-0.4, -0.2) is 54.1 Å². The normalized spacial score (nSPS) is 24.7. The molecule has 2 aliphatic carbocycles. The zero-order valence-electron chi connectivity index (χ0n) is 20.5. The molecule has 0 spiro atoms. The maximum atomic E-state index is 14.1. The third kappa shape index (κ3) is 3.61. The van der Waals surface area contributed by atoms with Crippen molar-refractivity contribution in [3.05, 3.63) is 35.4 Å². The minimum atomic E-state index is -3.96. The third-order valence-corrected chi connectivity index (χ3v) is 10.0. The van der Waals surface area contributed by atoms with Crippen molar-refractivity contribution >= 4 is 27.5 Å². The number of aromatic nitrogens is 2. The van der Waals surface area contributed by atoms with Crippen molar-refractivity contribution in [2.24, 2.45) is 10.9 Å². The highest BCUT2D eigenvalue weighted by molar-refractivity contribution is 7.91. The standard InChI is InChI=1S/C26H33N5O3S/c1-17-12-14-19(15-13-17)35(33,34)25-22-23(28-30(25)16-18-8-4-3-5-9-18)31-21-11-7-6-10-20(21)27-26(31)29(2)24(22)32/h12-15,18,20-21H,3-11,16H2,1-2H3/t20-,21+/m1/s1. The van der Waals surface area contributed by atoms with Crippen LogP contribution in [0.1, 0.15) is 73.7 Å². The highest BCUT2D eigenvalue weighted by Crippen LogP contribution is 2.42. The van der Waals surface area contributed by atoms with Gasteiger partial charge in [-0.05, 0) is 50.7 Å². The number of sulfone groups is 1. The van der Waals surface area contributed by atoms with Gasteiger partial charge in [0.05, 0.1) is 17.0 Å². The van der Waals surface area contributed by atoms with Gasteiger partial charge in [-0.3, -0.25) is 19.3 Å². The van der Waals surface area contributed by atoms with Crippen LogP contribution in [0.2, 0.25) is 0 Å². The maximum absolute atomic E-state index is 14.1. The molecule has 4 aliphatic rings. The molecule has 35 heavy (non-hydrogen) atoms. The minimum absolute atomic E-state index is 0.0390. The molecule has 2 saturated carbocycles. The van der Waals surface area contributed by atoms with Crippen LogP contribution < -0.4 is 4.90 Å². The van der Waals surface area contributed by atoms with Crippen LogP contribution in [0.15, 0.2) is 39.2 Å². The SMILES string of the molecule is Cc1ccc(S(=O)(=O)c2c3c(nn2CC2CCCCC2)N2C(=N[C@@H]4CCCC[C@@H]42)N(C)C3=O)cc1. The molecule has 0 unspecified atom stereocenters. The van der Waals surface area contributed by atoms with E-state index in [4.69, 9.17) is 10.1 Å². The van der Waals surface area contributed by atoms with Gasteiger partial charge in [0, 0.05) is 13.6 Å². The van der Waals surface area contributed by atoms with E-state index in [2.05, 4.69) is 4.90 Å². The summed E-state index contributed by atoms with van der Waals surface area (Å²) in [5.74, 6) is 1.11. The average molecular weight is 496 g/mol. The van der Waals surface area contributed by atoms with Gasteiger partial charge < -0.3 is 0 Å². The number of amides is 1. The molecule has 2 aliphatic heterocycles. The largest absolute Gasteiger partial charge is 0.289 e. The average Bonchev–Trinajstić information content (AvgIpc) is 3.43. The molecular formula is C26H33N5O3S. The molecular weight excluding hydrogens is 462 g/mol. The van der Waals surface area contributed by atoms with Gasteiger partial charge in [-0.15, -0.1) is 0 Å². The molecule has 0 saturated heterocycles.